The highest BCUT2D eigenvalue weighted by molar-refractivity contribution is 7.99. The molecular weight excluding hydrogens is 366 g/mol. The second-order valence-electron chi connectivity index (χ2n) is 6.32. The monoisotopic (exact) mass is 387 g/mol. The first-order chi connectivity index (χ1) is 12.6. The molecule has 3 rings (SSSR count). The lowest BCUT2D eigenvalue weighted by atomic mass is 10.2. The molecule has 26 heavy (non-hydrogen) atoms. The van der Waals surface area contributed by atoms with E-state index in [0.717, 1.165) is 24.3 Å². The molecule has 0 N–H and O–H groups in total. The Morgan fingerprint density at radius 1 is 1.19 bits per heavy atom. The number of hydrogen-bond acceptors (Lipinski definition) is 4. The molecule has 0 bridgehead atoms. The van der Waals surface area contributed by atoms with Crippen molar-refractivity contribution >= 4 is 29.0 Å². The van der Waals surface area contributed by atoms with E-state index in [0.29, 0.717) is 22.9 Å². The molecule has 0 aliphatic rings. The van der Waals surface area contributed by atoms with Crippen molar-refractivity contribution in [1.29, 1.82) is 0 Å². The predicted molar refractivity (Wildman–Crippen MR) is 109 cm³/mol. The number of benzene rings is 1. The highest BCUT2D eigenvalue weighted by Gasteiger charge is 2.14. The molecule has 0 unspecified atom stereocenters. The Bertz CT molecular complexity index is 943. The van der Waals surface area contributed by atoms with Gasteiger partial charge in [-0.1, -0.05) is 35.9 Å². The Kier molecular flexibility index (Phi) is 6.35. The summed E-state index contributed by atoms with van der Waals surface area (Å²) >= 11 is 8.16. The normalized spacial score (nSPS) is 11.4. The minimum atomic E-state index is -0.0887. The van der Waals surface area contributed by atoms with Crippen molar-refractivity contribution in [2.45, 2.75) is 24.8 Å². The van der Waals surface area contributed by atoms with Gasteiger partial charge in [-0.15, -0.1) is 11.8 Å². The lowest BCUT2D eigenvalue weighted by Gasteiger charge is -2.17. The Morgan fingerprint density at radius 2 is 1.96 bits per heavy atom. The minimum Gasteiger partial charge on any atom is -0.302 e. The largest absolute Gasteiger partial charge is 0.302 e. The van der Waals surface area contributed by atoms with Crippen LogP contribution < -0.4 is 5.56 Å². The zero-order valence-corrected chi connectivity index (χ0v) is 16.6. The van der Waals surface area contributed by atoms with Crippen molar-refractivity contribution in [3.8, 4) is 0 Å². The molecule has 136 valence electrons. The molecule has 0 amide bonds. The van der Waals surface area contributed by atoms with Crippen molar-refractivity contribution in [1.82, 2.24) is 14.3 Å². The van der Waals surface area contributed by atoms with E-state index >= 15 is 0 Å². The van der Waals surface area contributed by atoms with Gasteiger partial charge in [0.1, 0.15) is 10.8 Å². The van der Waals surface area contributed by atoms with Crippen LogP contribution in [0.4, 0.5) is 0 Å². The third kappa shape index (κ3) is 4.47. The van der Waals surface area contributed by atoms with E-state index in [1.807, 2.05) is 43.9 Å². The van der Waals surface area contributed by atoms with Gasteiger partial charge in [0.2, 0.25) is 0 Å². The molecule has 1 aromatic carbocycles. The molecule has 0 atom stereocenters. The fourth-order valence-corrected chi connectivity index (χ4v) is 3.91. The second-order valence-corrected chi connectivity index (χ2v) is 7.85. The highest BCUT2D eigenvalue weighted by atomic mass is 35.5. The molecule has 0 saturated carbocycles. The summed E-state index contributed by atoms with van der Waals surface area (Å²) in [5.74, 6) is 1.04. The summed E-state index contributed by atoms with van der Waals surface area (Å²) in [6, 6.07) is 14.2. The Labute approximate surface area is 162 Å². The molecule has 2 heterocycles. The van der Waals surface area contributed by atoms with Crippen molar-refractivity contribution in [2.24, 2.45) is 0 Å². The fraction of sp³-hybridized carbons (Fsp3) is 0.300. The lowest BCUT2D eigenvalue weighted by Crippen LogP contribution is -2.28. The summed E-state index contributed by atoms with van der Waals surface area (Å²) in [7, 11) is 2.01. The van der Waals surface area contributed by atoms with Gasteiger partial charge in [0, 0.05) is 17.6 Å². The van der Waals surface area contributed by atoms with E-state index in [-0.39, 0.29) is 5.56 Å². The van der Waals surface area contributed by atoms with Gasteiger partial charge in [0.25, 0.3) is 5.56 Å². The van der Waals surface area contributed by atoms with Gasteiger partial charge in [-0.05, 0) is 56.5 Å². The Morgan fingerprint density at radius 3 is 2.73 bits per heavy atom. The zero-order valence-electron chi connectivity index (χ0n) is 15.0. The summed E-state index contributed by atoms with van der Waals surface area (Å²) in [5.41, 5.74) is 2.01. The number of fused-ring (bicyclic) bond motifs is 1. The van der Waals surface area contributed by atoms with Gasteiger partial charge in [-0.25, -0.2) is 4.98 Å². The number of aryl methyl sites for hydroxylation is 1. The van der Waals surface area contributed by atoms with Crippen LogP contribution in [0.15, 0.2) is 58.4 Å². The molecule has 0 fully saturated rings. The number of rotatable bonds is 7. The van der Waals surface area contributed by atoms with Crippen LogP contribution in [0.1, 0.15) is 17.5 Å². The van der Waals surface area contributed by atoms with Crippen molar-refractivity contribution in [2.75, 3.05) is 19.3 Å². The molecule has 2 aromatic heterocycles. The van der Waals surface area contributed by atoms with E-state index in [1.54, 1.807) is 10.6 Å². The van der Waals surface area contributed by atoms with E-state index < -0.39 is 0 Å². The maximum atomic E-state index is 12.8. The molecule has 0 aliphatic carbocycles. The van der Waals surface area contributed by atoms with Gasteiger partial charge in [-0.2, -0.15) is 0 Å². The number of aromatic nitrogens is 2. The summed E-state index contributed by atoms with van der Waals surface area (Å²) in [6.45, 7) is 3.32. The zero-order chi connectivity index (χ0) is 18.5. The van der Waals surface area contributed by atoms with E-state index in [2.05, 4.69) is 34.1 Å². The maximum absolute atomic E-state index is 12.8. The first-order valence-electron chi connectivity index (χ1n) is 8.59. The standard InChI is InChI=1S/C20H22ClN3OS/c1-15-8-6-12-24-19(15)22-18(21)17(20(24)25)14-23(2)11-7-13-26-16-9-4-3-5-10-16/h3-6,8-10,12H,7,11,13-14H2,1-2H3. The Balaban J connectivity index is 1.62. The van der Waals surface area contributed by atoms with Gasteiger partial charge in [0.15, 0.2) is 0 Å². The fourth-order valence-electron chi connectivity index (χ4n) is 2.83. The van der Waals surface area contributed by atoms with Crippen LogP contribution in [0.25, 0.3) is 5.65 Å². The van der Waals surface area contributed by atoms with Crippen molar-refractivity contribution in [3.63, 3.8) is 0 Å². The Hall–Kier alpha value is -1.82. The van der Waals surface area contributed by atoms with Crippen LogP contribution in [0.2, 0.25) is 5.15 Å². The van der Waals surface area contributed by atoms with Gasteiger partial charge >= 0.3 is 0 Å². The molecule has 0 aliphatic heterocycles. The topological polar surface area (TPSA) is 37.6 Å². The summed E-state index contributed by atoms with van der Waals surface area (Å²) in [5, 5.41) is 0.301. The van der Waals surface area contributed by atoms with Crippen LogP contribution in [-0.4, -0.2) is 33.6 Å². The molecule has 0 saturated heterocycles. The second kappa shape index (κ2) is 8.71. The number of hydrogen-bond donors (Lipinski definition) is 0. The van der Waals surface area contributed by atoms with Crippen LogP contribution in [0.3, 0.4) is 0 Å². The lowest BCUT2D eigenvalue weighted by molar-refractivity contribution is 0.326. The van der Waals surface area contributed by atoms with Crippen LogP contribution in [0.5, 0.6) is 0 Å². The van der Waals surface area contributed by atoms with E-state index in [9.17, 15) is 4.79 Å². The number of halogens is 1. The summed E-state index contributed by atoms with van der Waals surface area (Å²) in [4.78, 5) is 20.6. The van der Waals surface area contributed by atoms with Gasteiger partial charge in [-0.3, -0.25) is 9.20 Å². The molecule has 6 heteroatoms. The molecule has 0 spiro atoms. The highest BCUT2D eigenvalue weighted by Crippen LogP contribution is 2.18. The maximum Gasteiger partial charge on any atom is 0.263 e. The molecule has 3 aromatic rings. The third-order valence-electron chi connectivity index (χ3n) is 4.22. The van der Waals surface area contributed by atoms with Gasteiger partial charge in [0.05, 0.1) is 5.56 Å². The minimum absolute atomic E-state index is 0.0887. The van der Waals surface area contributed by atoms with Crippen LogP contribution in [-0.2, 0) is 6.54 Å². The van der Waals surface area contributed by atoms with Crippen LogP contribution >= 0.6 is 23.4 Å². The smallest absolute Gasteiger partial charge is 0.263 e. The van der Waals surface area contributed by atoms with E-state index in [4.69, 9.17) is 11.6 Å². The molecular formula is C20H22ClN3OS. The van der Waals surface area contributed by atoms with Crippen molar-refractivity contribution in [3.05, 3.63) is 75.3 Å². The first-order valence-corrected chi connectivity index (χ1v) is 9.95. The third-order valence-corrected chi connectivity index (χ3v) is 5.63. The van der Waals surface area contributed by atoms with Crippen molar-refractivity contribution < 1.29 is 0 Å². The average Bonchev–Trinajstić information content (AvgIpc) is 2.64. The quantitative estimate of drug-likeness (QED) is 0.344. The molecule has 4 nitrogen and oxygen atoms in total. The predicted octanol–water partition coefficient (Wildman–Crippen LogP) is 4.27. The van der Waals surface area contributed by atoms with Gasteiger partial charge < -0.3 is 4.90 Å². The number of pyridine rings is 1. The SMILES string of the molecule is Cc1cccn2c(=O)c(CN(C)CCCSc3ccccc3)c(Cl)nc12. The van der Waals surface area contributed by atoms with E-state index in [1.165, 1.54) is 4.90 Å². The average molecular weight is 388 g/mol. The molecule has 0 radical (unpaired) electrons. The summed E-state index contributed by atoms with van der Waals surface area (Å²) < 4.78 is 1.58. The van der Waals surface area contributed by atoms with Crippen LogP contribution in [0, 0.1) is 6.92 Å². The summed E-state index contributed by atoms with van der Waals surface area (Å²) in [6.07, 6.45) is 2.78. The first kappa shape index (κ1) is 19.0. The number of nitrogens with zero attached hydrogens (tertiary/aromatic N) is 3. The number of thioether (sulfide) groups is 1.